The van der Waals surface area contributed by atoms with Crippen LogP contribution in [0.25, 0.3) is 0 Å². The number of para-hydroxylation sites is 1. The predicted molar refractivity (Wildman–Crippen MR) is 113 cm³/mol. The number of benzene rings is 2. The number of amides is 2. The molecule has 0 unspecified atom stereocenters. The summed E-state index contributed by atoms with van der Waals surface area (Å²) in [5.41, 5.74) is 3.29. The first kappa shape index (κ1) is 19.8. The summed E-state index contributed by atoms with van der Waals surface area (Å²) in [5.74, 6) is -0.441. The summed E-state index contributed by atoms with van der Waals surface area (Å²) in [6.07, 6.45) is 3.12. The summed E-state index contributed by atoms with van der Waals surface area (Å²) in [7, 11) is 1.75. The van der Waals surface area contributed by atoms with E-state index in [4.69, 9.17) is 0 Å². The lowest BCUT2D eigenvalue weighted by Crippen LogP contribution is -2.28. The molecular formula is C22H20BrN3O2. The van der Waals surface area contributed by atoms with E-state index in [9.17, 15) is 9.59 Å². The second-order valence-electron chi connectivity index (χ2n) is 6.44. The lowest BCUT2D eigenvalue weighted by atomic mass is 10.1. The number of aromatic nitrogens is 1. The van der Waals surface area contributed by atoms with Gasteiger partial charge in [0, 0.05) is 36.0 Å². The molecule has 142 valence electrons. The Bertz CT molecular complexity index is 1010. The fourth-order valence-corrected chi connectivity index (χ4v) is 3.27. The molecule has 1 N–H and O–H groups in total. The van der Waals surface area contributed by atoms with Gasteiger partial charge in [0.25, 0.3) is 11.8 Å². The molecule has 28 heavy (non-hydrogen) atoms. The van der Waals surface area contributed by atoms with Gasteiger partial charge < -0.3 is 10.2 Å². The molecule has 2 amide bonds. The van der Waals surface area contributed by atoms with Gasteiger partial charge in [0.1, 0.15) is 0 Å². The summed E-state index contributed by atoms with van der Waals surface area (Å²) in [5, 5.41) is 2.88. The minimum absolute atomic E-state index is 0.163. The Morgan fingerprint density at radius 2 is 1.75 bits per heavy atom. The van der Waals surface area contributed by atoms with Crippen molar-refractivity contribution in [1.29, 1.82) is 0 Å². The molecule has 2 aromatic carbocycles. The summed E-state index contributed by atoms with van der Waals surface area (Å²) in [4.78, 5) is 31.2. The highest BCUT2D eigenvalue weighted by molar-refractivity contribution is 9.10. The number of carbonyl (C=O) groups excluding carboxylic acids is 2. The van der Waals surface area contributed by atoms with Crippen molar-refractivity contribution in [2.75, 3.05) is 12.4 Å². The van der Waals surface area contributed by atoms with Crippen molar-refractivity contribution in [2.45, 2.75) is 13.5 Å². The zero-order valence-corrected chi connectivity index (χ0v) is 17.2. The molecule has 0 saturated carbocycles. The summed E-state index contributed by atoms with van der Waals surface area (Å²) in [6, 6.07) is 16.5. The molecule has 0 bridgehead atoms. The van der Waals surface area contributed by atoms with E-state index in [1.807, 2.05) is 43.3 Å². The second-order valence-corrected chi connectivity index (χ2v) is 7.29. The van der Waals surface area contributed by atoms with E-state index in [0.717, 1.165) is 15.6 Å². The van der Waals surface area contributed by atoms with Crippen LogP contribution in [0.4, 0.5) is 5.69 Å². The Hall–Kier alpha value is -2.99. The van der Waals surface area contributed by atoms with Gasteiger partial charge in [-0.2, -0.15) is 0 Å². The Morgan fingerprint density at radius 3 is 2.46 bits per heavy atom. The second kappa shape index (κ2) is 8.80. The van der Waals surface area contributed by atoms with Gasteiger partial charge in [0.05, 0.1) is 11.3 Å². The lowest BCUT2D eigenvalue weighted by Gasteiger charge is -2.21. The summed E-state index contributed by atoms with van der Waals surface area (Å²) < 4.78 is 0.949. The van der Waals surface area contributed by atoms with Crippen molar-refractivity contribution >= 4 is 33.4 Å². The molecular weight excluding hydrogens is 418 g/mol. The van der Waals surface area contributed by atoms with Crippen molar-refractivity contribution < 1.29 is 9.59 Å². The molecule has 0 aliphatic heterocycles. The van der Waals surface area contributed by atoms with Gasteiger partial charge in [0.15, 0.2) is 0 Å². The fourth-order valence-electron chi connectivity index (χ4n) is 2.86. The normalized spacial score (nSPS) is 10.4. The Morgan fingerprint density at radius 1 is 1.04 bits per heavy atom. The van der Waals surface area contributed by atoms with Crippen LogP contribution < -0.4 is 5.32 Å². The molecule has 0 fully saturated rings. The van der Waals surface area contributed by atoms with E-state index in [2.05, 4.69) is 26.2 Å². The highest BCUT2D eigenvalue weighted by atomic mass is 79.9. The van der Waals surface area contributed by atoms with Crippen molar-refractivity contribution in [3.63, 3.8) is 0 Å². The molecule has 0 atom stereocenters. The molecule has 0 aliphatic rings. The molecule has 1 aromatic heterocycles. The topological polar surface area (TPSA) is 62.3 Å². The van der Waals surface area contributed by atoms with Crippen LogP contribution in [-0.4, -0.2) is 28.7 Å². The number of nitrogens with one attached hydrogen (secondary N) is 1. The third-order valence-corrected chi connectivity index (χ3v) is 5.17. The lowest BCUT2D eigenvalue weighted by molar-refractivity contribution is 0.0786. The Balaban J connectivity index is 1.85. The summed E-state index contributed by atoms with van der Waals surface area (Å²) >= 11 is 3.51. The standard InChI is InChI=1S/C22H20BrN3O2/c1-15-6-5-8-18(20(15)25-21(27)16-10-12-24-13-11-16)22(28)26(2)14-17-7-3-4-9-19(17)23/h3-13H,14H2,1-2H3,(H,25,27). The molecule has 0 spiro atoms. The average molecular weight is 438 g/mol. The van der Waals surface area contributed by atoms with Gasteiger partial charge in [-0.3, -0.25) is 14.6 Å². The van der Waals surface area contributed by atoms with E-state index < -0.39 is 0 Å². The van der Waals surface area contributed by atoms with Gasteiger partial charge in [0.2, 0.25) is 0 Å². The Kier molecular flexibility index (Phi) is 6.21. The minimum atomic E-state index is -0.279. The first-order chi connectivity index (χ1) is 13.5. The van der Waals surface area contributed by atoms with Crippen LogP contribution in [0.2, 0.25) is 0 Å². The molecule has 0 radical (unpaired) electrons. The quantitative estimate of drug-likeness (QED) is 0.630. The van der Waals surface area contributed by atoms with Crippen molar-refractivity contribution in [1.82, 2.24) is 9.88 Å². The number of anilines is 1. The predicted octanol–water partition coefficient (Wildman–Crippen LogP) is 4.68. The summed E-state index contributed by atoms with van der Waals surface area (Å²) in [6.45, 7) is 2.32. The third kappa shape index (κ3) is 4.46. The van der Waals surface area contributed by atoms with E-state index in [-0.39, 0.29) is 11.8 Å². The van der Waals surface area contributed by atoms with Crippen LogP contribution in [0.1, 0.15) is 31.8 Å². The van der Waals surface area contributed by atoms with Crippen LogP contribution >= 0.6 is 15.9 Å². The number of nitrogens with zero attached hydrogens (tertiary/aromatic N) is 2. The van der Waals surface area contributed by atoms with E-state index in [0.29, 0.717) is 23.4 Å². The highest BCUT2D eigenvalue weighted by Gasteiger charge is 2.20. The van der Waals surface area contributed by atoms with E-state index in [1.54, 1.807) is 42.5 Å². The monoisotopic (exact) mass is 437 g/mol. The molecule has 3 aromatic rings. The maximum absolute atomic E-state index is 13.1. The first-order valence-corrected chi connectivity index (χ1v) is 9.56. The SMILES string of the molecule is Cc1cccc(C(=O)N(C)Cc2ccccc2Br)c1NC(=O)c1ccncc1. The number of rotatable bonds is 5. The maximum Gasteiger partial charge on any atom is 0.256 e. The van der Waals surface area contributed by atoms with Crippen molar-refractivity contribution in [3.8, 4) is 0 Å². The molecule has 0 saturated heterocycles. The van der Waals surface area contributed by atoms with E-state index in [1.165, 1.54) is 0 Å². The largest absolute Gasteiger partial charge is 0.337 e. The fraction of sp³-hybridized carbons (Fsp3) is 0.136. The van der Waals surface area contributed by atoms with Gasteiger partial charge in [-0.05, 0) is 42.3 Å². The first-order valence-electron chi connectivity index (χ1n) is 8.77. The van der Waals surface area contributed by atoms with Gasteiger partial charge in [-0.1, -0.05) is 46.3 Å². The zero-order valence-electron chi connectivity index (χ0n) is 15.6. The molecule has 3 rings (SSSR count). The van der Waals surface area contributed by atoms with Crippen LogP contribution in [0, 0.1) is 6.92 Å². The molecule has 0 aliphatic carbocycles. The maximum atomic E-state index is 13.1. The number of halogens is 1. The zero-order chi connectivity index (χ0) is 20.1. The number of carbonyl (C=O) groups is 2. The number of pyridine rings is 1. The molecule has 1 heterocycles. The van der Waals surface area contributed by atoms with Gasteiger partial charge in [-0.25, -0.2) is 0 Å². The average Bonchev–Trinajstić information content (AvgIpc) is 2.71. The van der Waals surface area contributed by atoms with Crippen LogP contribution in [0.3, 0.4) is 0 Å². The number of hydrogen-bond donors (Lipinski definition) is 1. The molecule has 5 nitrogen and oxygen atoms in total. The van der Waals surface area contributed by atoms with Gasteiger partial charge >= 0.3 is 0 Å². The van der Waals surface area contributed by atoms with Crippen LogP contribution in [0.15, 0.2) is 71.5 Å². The van der Waals surface area contributed by atoms with E-state index >= 15 is 0 Å². The Labute approximate surface area is 172 Å². The number of hydrogen-bond acceptors (Lipinski definition) is 3. The third-order valence-electron chi connectivity index (χ3n) is 4.40. The van der Waals surface area contributed by atoms with Crippen molar-refractivity contribution in [2.24, 2.45) is 0 Å². The highest BCUT2D eigenvalue weighted by Crippen LogP contribution is 2.24. The van der Waals surface area contributed by atoms with Crippen LogP contribution in [-0.2, 0) is 6.54 Å². The molecule has 6 heteroatoms. The smallest absolute Gasteiger partial charge is 0.256 e. The van der Waals surface area contributed by atoms with Gasteiger partial charge in [-0.15, -0.1) is 0 Å². The minimum Gasteiger partial charge on any atom is -0.337 e. The van der Waals surface area contributed by atoms with Crippen molar-refractivity contribution in [3.05, 3.63) is 93.7 Å². The number of aryl methyl sites for hydroxylation is 1. The van der Waals surface area contributed by atoms with Crippen LogP contribution in [0.5, 0.6) is 0 Å².